The van der Waals surface area contributed by atoms with E-state index in [1.807, 2.05) is 19.1 Å². The van der Waals surface area contributed by atoms with Gasteiger partial charge < -0.3 is 10.8 Å². The van der Waals surface area contributed by atoms with Gasteiger partial charge in [0.05, 0.1) is 5.60 Å². The number of piperidine rings is 1. The van der Waals surface area contributed by atoms with Crippen molar-refractivity contribution in [3.63, 3.8) is 0 Å². The molecule has 94 valence electrons. The molecule has 1 aromatic carbocycles. The fourth-order valence-electron chi connectivity index (χ4n) is 2.57. The first-order valence-electron chi connectivity index (χ1n) is 6.30. The zero-order chi connectivity index (χ0) is 12.5. The Balaban J connectivity index is 2.09. The molecular formula is C14H22N2O. The molecule has 0 spiro atoms. The van der Waals surface area contributed by atoms with Crippen molar-refractivity contribution in [2.45, 2.75) is 38.3 Å². The smallest absolute Gasteiger partial charge is 0.0746 e. The van der Waals surface area contributed by atoms with E-state index in [4.69, 9.17) is 5.73 Å². The summed E-state index contributed by atoms with van der Waals surface area (Å²) in [7, 11) is 0. The summed E-state index contributed by atoms with van der Waals surface area (Å²) >= 11 is 0. The number of anilines is 1. The number of nitrogens with zero attached hydrogens (tertiary/aromatic N) is 1. The molecule has 3 N–H and O–H groups in total. The molecule has 0 bridgehead atoms. The molecular weight excluding hydrogens is 212 g/mol. The summed E-state index contributed by atoms with van der Waals surface area (Å²) in [4.78, 5) is 2.34. The van der Waals surface area contributed by atoms with Gasteiger partial charge in [0.15, 0.2) is 0 Å². The van der Waals surface area contributed by atoms with Crippen LogP contribution in [-0.4, -0.2) is 28.7 Å². The molecule has 1 aliphatic rings. The van der Waals surface area contributed by atoms with Crippen LogP contribution >= 0.6 is 0 Å². The summed E-state index contributed by atoms with van der Waals surface area (Å²) in [6, 6.07) is 8.36. The molecule has 1 aromatic rings. The van der Waals surface area contributed by atoms with Crippen LogP contribution in [0.4, 0.5) is 5.69 Å². The lowest BCUT2D eigenvalue weighted by atomic mass is 9.93. The number of likely N-dealkylation sites (tertiary alicyclic amines) is 1. The lowest BCUT2D eigenvalue weighted by molar-refractivity contribution is -0.0280. The van der Waals surface area contributed by atoms with Crippen LogP contribution in [0.3, 0.4) is 0 Å². The molecule has 2 rings (SSSR count). The Kier molecular flexibility index (Phi) is 3.40. The minimum atomic E-state index is -0.541. The fourth-order valence-corrected chi connectivity index (χ4v) is 2.57. The van der Waals surface area contributed by atoms with Gasteiger partial charge in [0.25, 0.3) is 0 Å². The maximum Gasteiger partial charge on any atom is 0.0746 e. The first-order chi connectivity index (χ1) is 7.98. The standard InChI is InChI=1S/C14H22N2O/c1-11(12-4-6-13(15)7-5-12)16-9-3-8-14(2,17)10-16/h4-7,11,17H,3,8-10,15H2,1-2H3. The van der Waals surface area contributed by atoms with E-state index in [2.05, 4.69) is 24.0 Å². The van der Waals surface area contributed by atoms with Crippen LogP contribution in [0.2, 0.25) is 0 Å². The molecule has 0 aromatic heterocycles. The maximum absolute atomic E-state index is 10.1. The first kappa shape index (κ1) is 12.4. The van der Waals surface area contributed by atoms with Crippen LogP contribution in [-0.2, 0) is 0 Å². The minimum Gasteiger partial charge on any atom is -0.399 e. The predicted octanol–water partition coefficient (Wildman–Crippen LogP) is 2.18. The van der Waals surface area contributed by atoms with Crippen molar-refractivity contribution in [2.24, 2.45) is 0 Å². The molecule has 1 fully saturated rings. The second-order valence-electron chi connectivity index (χ2n) is 5.41. The fraction of sp³-hybridized carbons (Fsp3) is 0.571. The molecule has 17 heavy (non-hydrogen) atoms. The van der Waals surface area contributed by atoms with Crippen molar-refractivity contribution in [1.82, 2.24) is 4.90 Å². The van der Waals surface area contributed by atoms with Gasteiger partial charge in [0, 0.05) is 18.3 Å². The predicted molar refractivity (Wildman–Crippen MR) is 70.7 cm³/mol. The van der Waals surface area contributed by atoms with Crippen LogP contribution in [0.5, 0.6) is 0 Å². The van der Waals surface area contributed by atoms with Gasteiger partial charge in [0.2, 0.25) is 0 Å². The Labute approximate surface area is 103 Å². The van der Waals surface area contributed by atoms with E-state index >= 15 is 0 Å². The first-order valence-corrected chi connectivity index (χ1v) is 6.30. The molecule has 0 aliphatic carbocycles. The Bertz CT molecular complexity index is 372. The number of aliphatic hydroxyl groups is 1. The summed E-state index contributed by atoms with van der Waals surface area (Å²) in [6.45, 7) is 5.92. The van der Waals surface area contributed by atoms with Crippen LogP contribution in [0.1, 0.15) is 38.3 Å². The summed E-state index contributed by atoms with van der Waals surface area (Å²) in [5.74, 6) is 0. The number of rotatable bonds is 2. The molecule has 1 saturated heterocycles. The zero-order valence-electron chi connectivity index (χ0n) is 10.7. The van der Waals surface area contributed by atoms with Gasteiger partial charge >= 0.3 is 0 Å². The lowest BCUT2D eigenvalue weighted by Crippen LogP contribution is -2.46. The third-order valence-corrected chi connectivity index (χ3v) is 3.67. The van der Waals surface area contributed by atoms with E-state index in [0.717, 1.165) is 31.6 Å². The highest BCUT2D eigenvalue weighted by molar-refractivity contribution is 5.40. The van der Waals surface area contributed by atoms with Crippen LogP contribution in [0.25, 0.3) is 0 Å². The number of hydrogen-bond acceptors (Lipinski definition) is 3. The third-order valence-electron chi connectivity index (χ3n) is 3.67. The van der Waals surface area contributed by atoms with Gasteiger partial charge in [-0.3, -0.25) is 4.90 Å². The molecule has 3 heteroatoms. The van der Waals surface area contributed by atoms with Crippen molar-refractivity contribution in [2.75, 3.05) is 18.8 Å². The summed E-state index contributed by atoms with van der Waals surface area (Å²) in [5.41, 5.74) is 7.21. The van der Waals surface area contributed by atoms with Gasteiger partial charge in [-0.05, 0) is 50.9 Å². The Hall–Kier alpha value is -1.06. The molecule has 1 aliphatic heterocycles. The van der Waals surface area contributed by atoms with E-state index in [-0.39, 0.29) is 0 Å². The average molecular weight is 234 g/mol. The molecule has 0 saturated carbocycles. The van der Waals surface area contributed by atoms with Crippen LogP contribution in [0, 0.1) is 0 Å². The van der Waals surface area contributed by atoms with Crippen LogP contribution in [0.15, 0.2) is 24.3 Å². The normalized spacial score (nSPS) is 27.9. The maximum atomic E-state index is 10.1. The average Bonchev–Trinajstić information content (AvgIpc) is 2.28. The zero-order valence-corrected chi connectivity index (χ0v) is 10.7. The van der Waals surface area contributed by atoms with Gasteiger partial charge in [-0.25, -0.2) is 0 Å². The largest absolute Gasteiger partial charge is 0.399 e. The highest BCUT2D eigenvalue weighted by Gasteiger charge is 2.30. The quantitative estimate of drug-likeness (QED) is 0.771. The molecule has 2 unspecified atom stereocenters. The van der Waals surface area contributed by atoms with Crippen molar-refractivity contribution in [1.29, 1.82) is 0 Å². The van der Waals surface area contributed by atoms with Crippen molar-refractivity contribution in [3.05, 3.63) is 29.8 Å². The Morgan fingerprint density at radius 3 is 2.59 bits per heavy atom. The molecule has 0 radical (unpaired) electrons. The number of benzene rings is 1. The molecule has 0 amide bonds. The summed E-state index contributed by atoms with van der Waals surface area (Å²) < 4.78 is 0. The van der Waals surface area contributed by atoms with E-state index < -0.39 is 5.60 Å². The van der Waals surface area contributed by atoms with Gasteiger partial charge in [-0.2, -0.15) is 0 Å². The summed E-state index contributed by atoms with van der Waals surface area (Å²) in [6.07, 6.45) is 1.96. The van der Waals surface area contributed by atoms with E-state index in [9.17, 15) is 5.11 Å². The molecule has 3 nitrogen and oxygen atoms in total. The number of nitrogens with two attached hydrogens (primary N) is 1. The second kappa shape index (κ2) is 4.67. The van der Waals surface area contributed by atoms with E-state index in [1.165, 1.54) is 5.56 Å². The van der Waals surface area contributed by atoms with Crippen molar-refractivity contribution < 1.29 is 5.11 Å². The van der Waals surface area contributed by atoms with Crippen molar-refractivity contribution in [3.8, 4) is 0 Å². The summed E-state index contributed by atoms with van der Waals surface area (Å²) in [5, 5.41) is 10.1. The highest BCUT2D eigenvalue weighted by Crippen LogP contribution is 2.28. The van der Waals surface area contributed by atoms with Crippen LogP contribution < -0.4 is 5.73 Å². The lowest BCUT2D eigenvalue weighted by Gasteiger charge is -2.40. The van der Waals surface area contributed by atoms with E-state index in [1.54, 1.807) is 0 Å². The van der Waals surface area contributed by atoms with E-state index in [0.29, 0.717) is 6.04 Å². The number of nitrogen functional groups attached to an aromatic ring is 1. The minimum absolute atomic E-state index is 0.336. The second-order valence-corrected chi connectivity index (χ2v) is 5.41. The Morgan fingerprint density at radius 2 is 2.00 bits per heavy atom. The van der Waals surface area contributed by atoms with Gasteiger partial charge in [0.1, 0.15) is 0 Å². The van der Waals surface area contributed by atoms with Gasteiger partial charge in [-0.1, -0.05) is 12.1 Å². The monoisotopic (exact) mass is 234 g/mol. The van der Waals surface area contributed by atoms with Crippen molar-refractivity contribution >= 4 is 5.69 Å². The Morgan fingerprint density at radius 1 is 1.35 bits per heavy atom. The number of hydrogen-bond donors (Lipinski definition) is 2. The topological polar surface area (TPSA) is 49.5 Å². The third kappa shape index (κ3) is 2.99. The molecule has 2 atom stereocenters. The molecule has 1 heterocycles. The highest BCUT2D eigenvalue weighted by atomic mass is 16.3. The van der Waals surface area contributed by atoms with Gasteiger partial charge in [-0.15, -0.1) is 0 Å². The number of β-amino-alcohol motifs (C(OH)–C–C–N with tert-alkyl or cyclic N) is 1. The SMILES string of the molecule is CC(c1ccc(N)cc1)N1CCCC(C)(O)C1.